The van der Waals surface area contributed by atoms with Gasteiger partial charge in [0, 0.05) is 18.1 Å². The minimum atomic E-state index is -1.57. The number of ether oxygens (including phenoxy) is 2. The standard InChI is InChI=1S/C11H11Cl3O3/c1-16-6-2-3-7-8(15)5-10(11(12,13)14)17-9(7)4-6/h2-4,8,10,15H,5H2,1H3/t8-,10-/m1/s1. The average Bonchev–Trinajstić information content (AvgIpc) is 2.27. The molecule has 0 saturated carbocycles. The highest BCUT2D eigenvalue weighted by atomic mass is 35.6. The Labute approximate surface area is 114 Å². The minimum Gasteiger partial charge on any atom is -0.497 e. The first-order chi connectivity index (χ1) is 7.91. The lowest BCUT2D eigenvalue weighted by molar-refractivity contribution is 0.0676. The third kappa shape index (κ3) is 2.74. The van der Waals surface area contributed by atoms with Crippen LogP contribution in [0.1, 0.15) is 18.1 Å². The Morgan fingerprint density at radius 2 is 2.12 bits per heavy atom. The van der Waals surface area contributed by atoms with E-state index in [1.54, 1.807) is 25.3 Å². The number of fused-ring (bicyclic) bond motifs is 1. The van der Waals surface area contributed by atoms with Crippen molar-refractivity contribution >= 4 is 34.8 Å². The highest BCUT2D eigenvalue weighted by molar-refractivity contribution is 6.68. The maximum atomic E-state index is 9.96. The van der Waals surface area contributed by atoms with Gasteiger partial charge in [-0.3, -0.25) is 0 Å². The number of hydrogen-bond donors (Lipinski definition) is 1. The highest BCUT2D eigenvalue weighted by Crippen LogP contribution is 2.44. The predicted octanol–water partition coefficient (Wildman–Crippen LogP) is 3.25. The second kappa shape index (κ2) is 4.73. The first-order valence-corrected chi connectivity index (χ1v) is 6.14. The number of benzene rings is 1. The molecule has 94 valence electrons. The summed E-state index contributed by atoms with van der Waals surface area (Å²) in [5.41, 5.74) is 0.677. The number of halogens is 3. The van der Waals surface area contributed by atoms with Gasteiger partial charge in [0.1, 0.15) is 17.6 Å². The Balaban J connectivity index is 2.34. The first-order valence-electron chi connectivity index (χ1n) is 5.01. The molecule has 0 amide bonds. The Hall–Kier alpha value is -0.350. The van der Waals surface area contributed by atoms with Gasteiger partial charge in [0.25, 0.3) is 0 Å². The summed E-state index contributed by atoms with van der Waals surface area (Å²) in [6.07, 6.45) is -1.14. The van der Waals surface area contributed by atoms with Gasteiger partial charge in [0.2, 0.25) is 3.79 Å². The highest BCUT2D eigenvalue weighted by Gasteiger charge is 2.40. The van der Waals surface area contributed by atoms with Crippen LogP contribution in [-0.4, -0.2) is 22.1 Å². The number of hydrogen-bond acceptors (Lipinski definition) is 3. The van der Waals surface area contributed by atoms with Crippen LogP contribution < -0.4 is 9.47 Å². The predicted molar refractivity (Wildman–Crippen MR) is 67.3 cm³/mol. The molecule has 1 aliphatic rings. The summed E-state index contributed by atoms with van der Waals surface area (Å²) in [5, 5.41) is 9.96. The van der Waals surface area contributed by atoms with Crippen LogP contribution in [0.15, 0.2) is 18.2 Å². The van der Waals surface area contributed by atoms with Crippen LogP contribution >= 0.6 is 34.8 Å². The number of alkyl halides is 3. The quantitative estimate of drug-likeness (QED) is 0.809. The number of methoxy groups -OCH3 is 1. The van der Waals surface area contributed by atoms with E-state index in [2.05, 4.69) is 0 Å². The van der Waals surface area contributed by atoms with E-state index in [9.17, 15) is 5.11 Å². The molecule has 0 aromatic heterocycles. The van der Waals surface area contributed by atoms with E-state index in [1.807, 2.05) is 0 Å². The molecule has 1 N–H and O–H groups in total. The molecule has 1 aromatic rings. The lowest BCUT2D eigenvalue weighted by Crippen LogP contribution is -2.36. The van der Waals surface area contributed by atoms with Crippen LogP contribution in [0.3, 0.4) is 0 Å². The van der Waals surface area contributed by atoms with Crippen molar-refractivity contribution in [2.24, 2.45) is 0 Å². The van der Waals surface area contributed by atoms with Crippen molar-refractivity contribution in [2.45, 2.75) is 22.4 Å². The maximum Gasteiger partial charge on any atom is 0.226 e. The SMILES string of the molecule is COc1ccc2c(c1)O[C@@H](C(Cl)(Cl)Cl)C[C@H]2O. The first kappa shape index (κ1) is 13.1. The van der Waals surface area contributed by atoms with E-state index in [4.69, 9.17) is 44.3 Å². The number of aliphatic hydroxyl groups excluding tert-OH is 1. The summed E-state index contributed by atoms with van der Waals surface area (Å²) in [4.78, 5) is 0. The second-order valence-corrected chi connectivity index (χ2v) is 6.17. The van der Waals surface area contributed by atoms with Crippen LogP contribution in [0, 0.1) is 0 Å². The van der Waals surface area contributed by atoms with Crippen LogP contribution in [0.4, 0.5) is 0 Å². The lowest BCUT2D eigenvalue weighted by Gasteiger charge is -2.33. The van der Waals surface area contributed by atoms with Gasteiger partial charge < -0.3 is 14.6 Å². The topological polar surface area (TPSA) is 38.7 Å². The molecule has 2 rings (SSSR count). The summed E-state index contributed by atoms with van der Waals surface area (Å²) < 4.78 is 9.08. The largest absolute Gasteiger partial charge is 0.497 e. The van der Waals surface area contributed by atoms with Crippen molar-refractivity contribution < 1.29 is 14.6 Å². The molecule has 3 nitrogen and oxygen atoms in total. The van der Waals surface area contributed by atoms with E-state index >= 15 is 0 Å². The summed E-state index contributed by atoms with van der Waals surface area (Å²) in [6, 6.07) is 5.16. The van der Waals surface area contributed by atoms with Crippen molar-refractivity contribution in [3.63, 3.8) is 0 Å². The van der Waals surface area contributed by atoms with Gasteiger partial charge in [-0.15, -0.1) is 0 Å². The molecule has 17 heavy (non-hydrogen) atoms. The molecular formula is C11H11Cl3O3. The lowest BCUT2D eigenvalue weighted by atomic mass is 9.99. The van der Waals surface area contributed by atoms with Crippen molar-refractivity contribution in [3.05, 3.63) is 23.8 Å². The number of aliphatic hydroxyl groups is 1. The zero-order chi connectivity index (χ0) is 12.6. The molecule has 2 atom stereocenters. The van der Waals surface area contributed by atoms with Gasteiger partial charge in [-0.05, 0) is 12.1 Å². The monoisotopic (exact) mass is 296 g/mol. The van der Waals surface area contributed by atoms with E-state index in [0.29, 0.717) is 17.1 Å². The van der Waals surface area contributed by atoms with Gasteiger partial charge in [-0.1, -0.05) is 34.8 Å². The van der Waals surface area contributed by atoms with Crippen molar-refractivity contribution in [3.8, 4) is 11.5 Å². The molecule has 1 heterocycles. The third-order valence-electron chi connectivity index (χ3n) is 2.65. The van der Waals surface area contributed by atoms with Gasteiger partial charge >= 0.3 is 0 Å². The van der Waals surface area contributed by atoms with Crippen LogP contribution in [0.5, 0.6) is 11.5 Å². The minimum absolute atomic E-state index is 0.246. The molecule has 1 aliphatic heterocycles. The molecular weight excluding hydrogens is 286 g/mol. The molecule has 1 aromatic carbocycles. The Morgan fingerprint density at radius 1 is 1.41 bits per heavy atom. The van der Waals surface area contributed by atoms with E-state index < -0.39 is 16.0 Å². The summed E-state index contributed by atoms with van der Waals surface area (Å²) in [7, 11) is 1.55. The fourth-order valence-corrected chi connectivity index (χ4v) is 2.15. The van der Waals surface area contributed by atoms with Gasteiger partial charge in [0.05, 0.1) is 13.2 Å². The fraction of sp³-hybridized carbons (Fsp3) is 0.455. The third-order valence-corrected chi connectivity index (χ3v) is 3.38. The normalized spacial score (nSPS) is 23.8. The molecule has 0 spiro atoms. The molecule has 0 bridgehead atoms. The van der Waals surface area contributed by atoms with Gasteiger partial charge in [0.15, 0.2) is 0 Å². The van der Waals surface area contributed by atoms with Crippen LogP contribution in [0.25, 0.3) is 0 Å². The van der Waals surface area contributed by atoms with E-state index in [1.165, 1.54) is 0 Å². The number of rotatable bonds is 1. The Bertz CT molecular complexity index is 417. The van der Waals surface area contributed by atoms with Crippen LogP contribution in [0.2, 0.25) is 0 Å². The zero-order valence-corrected chi connectivity index (χ0v) is 11.3. The molecule has 0 saturated heterocycles. The van der Waals surface area contributed by atoms with Gasteiger partial charge in [-0.25, -0.2) is 0 Å². The van der Waals surface area contributed by atoms with Crippen molar-refractivity contribution in [1.29, 1.82) is 0 Å². The van der Waals surface area contributed by atoms with Crippen LogP contribution in [-0.2, 0) is 0 Å². The Kier molecular flexibility index (Phi) is 3.64. The molecule has 0 radical (unpaired) electrons. The average molecular weight is 298 g/mol. The van der Waals surface area contributed by atoms with Crippen molar-refractivity contribution in [2.75, 3.05) is 7.11 Å². The summed E-state index contributed by atoms with van der Waals surface area (Å²) >= 11 is 17.3. The molecule has 0 aliphatic carbocycles. The van der Waals surface area contributed by atoms with Crippen molar-refractivity contribution in [1.82, 2.24) is 0 Å². The second-order valence-electron chi connectivity index (χ2n) is 3.80. The fourth-order valence-electron chi connectivity index (χ4n) is 1.75. The molecule has 0 fully saturated rings. The molecule has 0 unspecified atom stereocenters. The molecule has 6 heteroatoms. The maximum absolute atomic E-state index is 9.96. The van der Waals surface area contributed by atoms with Gasteiger partial charge in [-0.2, -0.15) is 0 Å². The van der Waals surface area contributed by atoms with E-state index in [0.717, 1.165) is 0 Å². The van der Waals surface area contributed by atoms with E-state index in [-0.39, 0.29) is 6.42 Å². The smallest absolute Gasteiger partial charge is 0.226 e. The zero-order valence-electron chi connectivity index (χ0n) is 8.99. The summed E-state index contributed by atoms with van der Waals surface area (Å²) in [5.74, 6) is 1.11. The Morgan fingerprint density at radius 3 is 2.71 bits per heavy atom. The summed E-state index contributed by atoms with van der Waals surface area (Å²) in [6.45, 7) is 0.